The van der Waals surface area contributed by atoms with Crippen molar-refractivity contribution in [2.45, 2.75) is 32.9 Å². The van der Waals surface area contributed by atoms with E-state index in [0.717, 1.165) is 5.69 Å². The number of pyridine rings is 1. The highest BCUT2D eigenvalue weighted by atomic mass is 32.1. The fraction of sp³-hybridized carbons (Fsp3) is 0.357. The van der Waals surface area contributed by atoms with E-state index in [1.165, 1.54) is 11.3 Å². The lowest BCUT2D eigenvalue weighted by atomic mass is 10.1. The maximum Gasteiger partial charge on any atom is 0.265 e. The lowest BCUT2D eigenvalue weighted by molar-refractivity contribution is 0.0955. The first-order valence-corrected chi connectivity index (χ1v) is 7.39. The normalized spacial score (nSPS) is 11.2. The van der Waals surface area contributed by atoms with Crippen LogP contribution < -0.4 is 16.4 Å². The van der Waals surface area contributed by atoms with Crippen molar-refractivity contribution in [1.29, 1.82) is 0 Å². The number of aromatic nitrogens is 2. The highest BCUT2D eigenvalue weighted by Crippen LogP contribution is 2.27. The fourth-order valence-electron chi connectivity index (χ4n) is 1.62. The average molecular weight is 305 g/mol. The Bertz CT molecular complexity index is 618. The number of amides is 1. The molecule has 0 spiro atoms. The van der Waals surface area contributed by atoms with E-state index in [1.807, 2.05) is 39.0 Å². The largest absolute Gasteiger partial charge is 0.382 e. The molecule has 112 valence electrons. The summed E-state index contributed by atoms with van der Waals surface area (Å²) in [5, 5.41) is 6.64. The molecule has 1 amide bonds. The molecule has 0 aromatic carbocycles. The molecule has 2 heterocycles. The zero-order valence-electron chi connectivity index (χ0n) is 12.3. The first-order chi connectivity index (χ1) is 9.85. The van der Waals surface area contributed by atoms with Crippen LogP contribution in [0.2, 0.25) is 0 Å². The summed E-state index contributed by atoms with van der Waals surface area (Å²) in [5.74, 6) is 0.00267. The Morgan fingerprint density at radius 2 is 2.14 bits per heavy atom. The van der Waals surface area contributed by atoms with E-state index < -0.39 is 0 Å². The molecule has 0 radical (unpaired) electrons. The molecule has 21 heavy (non-hydrogen) atoms. The predicted molar refractivity (Wildman–Crippen MR) is 85.3 cm³/mol. The molecular weight excluding hydrogens is 286 g/mol. The monoisotopic (exact) mass is 305 g/mol. The van der Waals surface area contributed by atoms with Crippen LogP contribution in [-0.2, 0) is 6.54 Å². The van der Waals surface area contributed by atoms with Crippen LogP contribution in [0.3, 0.4) is 0 Å². The van der Waals surface area contributed by atoms with Crippen LogP contribution in [0.15, 0.2) is 24.4 Å². The summed E-state index contributed by atoms with van der Waals surface area (Å²) in [6.45, 7) is 6.42. The van der Waals surface area contributed by atoms with E-state index in [9.17, 15) is 4.79 Å². The van der Waals surface area contributed by atoms with E-state index in [0.29, 0.717) is 16.6 Å². The van der Waals surface area contributed by atoms with Gasteiger partial charge in [0.25, 0.3) is 5.91 Å². The molecule has 0 fully saturated rings. The highest BCUT2D eigenvalue weighted by Gasteiger charge is 2.19. The Hall–Kier alpha value is -2.15. The van der Waals surface area contributed by atoms with Gasteiger partial charge in [-0.2, -0.15) is 0 Å². The van der Waals surface area contributed by atoms with Crippen LogP contribution in [0.25, 0.3) is 0 Å². The van der Waals surface area contributed by atoms with E-state index >= 15 is 0 Å². The number of thiazole rings is 1. The number of carbonyl (C=O) groups is 1. The van der Waals surface area contributed by atoms with Gasteiger partial charge in [0.2, 0.25) is 0 Å². The van der Waals surface area contributed by atoms with Crippen LogP contribution in [0.4, 0.5) is 10.9 Å². The predicted octanol–water partition coefficient (Wildman–Crippen LogP) is 2.26. The number of hydrogen-bond donors (Lipinski definition) is 3. The quantitative estimate of drug-likeness (QED) is 0.805. The van der Waals surface area contributed by atoms with Crippen molar-refractivity contribution in [2.24, 2.45) is 0 Å². The lowest BCUT2D eigenvalue weighted by Gasteiger charge is -2.19. The molecule has 0 saturated heterocycles. The van der Waals surface area contributed by atoms with Crippen LogP contribution in [0.1, 0.15) is 36.1 Å². The van der Waals surface area contributed by atoms with Gasteiger partial charge in [0.1, 0.15) is 10.7 Å². The Kier molecular flexibility index (Phi) is 4.42. The van der Waals surface area contributed by atoms with Crippen molar-refractivity contribution < 1.29 is 4.79 Å². The zero-order chi connectivity index (χ0) is 15.5. The topological polar surface area (TPSA) is 92.9 Å². The molecule has 2 aromatic rings. The van der Waals surface area contributed by atoms with Gasteiger partial charge in [0, 0.05) is 11.7 Å². The van der Waals surface area contributed by atoms with Crippen molar-refractivity contribution in [2.75, 3.05) is 11.1 Å². The third kappa shape index (κ3) is 4.42. The summed E-state index contributed by atoms with van der Waals surface area (Å²) in [4.78, 5) is 20.9. The third-order valence-electron chi connectivity index (χ3n) is 2.50. The second kappa shape index (κ2) is 6.09. The van der Waals surface area contributed by atoms with Crippen LogP contribution >= 0.6 is 11.3 Å². The molecule has 0 aliphatic rings. The molecule has 0 unspecified atom stereocenters. The van der Waals surface area contributed by atoms with Gasteiger partial charge in [-0.3, -0.25) is 9.78 Å². The van der Waals surface area contributed by atoms with E-state index in [2.05, 4.69) is 20.6 Å². The number of rotatable bonds is 4. The Morgan fingerprint density at radius 1 is 1.38 bits per heavy atom. The van der Waals surface area contributed by atoms with Crippen molar-refractivity contribution in [1.82, 2.24) is 15.3 Å². The van der Waals surface area contributed by atoms with Crippen molar-refractivity contribution in [3.8, 4) is 0 Å². The van der Waals surface area contributed by atoms with Crippen LogP contribution in [-0.4, -0.2) is 21.4 Å². The molecule has 0 saturated carbocycles. The van der Waals surface area contributed by atoms with Crippen molar-refractivity contribution in [3.05, 3.63) is 35.0 Å². The van der Waals surface area contributed by atoms with Gasteiger partial charge in [-0.05, 0) is 32.9 Å². The van der Waals surface area contributed by atoms with E-state index in [1.54, 1.807) is 6.20 Å². The van der Waals surface area contributed by atoms with Gasteiger partial charge in [-0.25, -0.2) is 4.98 Å². The number of hydrogen-bond acceptors (Lipinski definition) is 6. The molecule has 0 bridgehead atoms. The summed E-state index contributed by atoms with van der Waals surface area (Å²) in [7, 11) is 0. The number of anilines is 2. The molecule has 6 nitrogen and oxygen atoms in total. The van der Waals surface area contributed by atoms with Gasteiger partial charge < -0.3 is 16.4 Å². The number of nitrogens with zero attached hydrogens (tertiary/aromatic N) is 2. The number of nitrogens with one attached hydrogen (secondary N) is 2. The number of nitrogen functional groups attached to an aromatic ring is 1. The van der Waals surface area contributed by atoms with E-state index in [-0.39, 0.29) is 17.3 Å². The molecule has 0 aliphatic heterocycles. The highest BCUT2D eigenvalue weighted by molar-refractivity contribution is 7.18. The molecule has 2 aromatic heterocycles. The molecular formula is C14H19N5OS. The van der Waals surface area contributed by atoms with Crippen molar-refractivity contribution >= 4 is 28.2 Å². The average Bonchev–Trinajstić information content (AvgIpc) is 2.76. The standard InChI is InChI=1S/C14H19N5OS/c1-14(2,3)19-13-18-11(15)10(21-13)12(20)17-8-9-6-4-5-7-16-9/h4-7H,8,15H2,1-3H3,(H,17,20)(H,18,19). The summed E-state index contributed by atoms with van der Waals surface area (Å²) in [5.41, 5.74) is 6.47. The van der Waals surface area contributed by atoms with Gasteiger partial charge in [0.15, 0.2) is 5.13 Å². The maximum atomic E-state index is 12.1. The van der Waals surface area contributed by atoms with Crippen LogP contribution in [0.5, 0.6) is 0 Å². The molecule has 4 N–H and O–H groups in total. The van der Waals surface area contributed by atoms with Gasteiger partial charge in [-0.15, -0.1) is 0 Å². The summed E-state index contributed by atoms with van der Waals surface area (Å²) in [6.07, 6.45) is 1.69. The summed E-state index contributed by atoms with van der Waals surface area (Å²) >= 11 is 1.25. The minimum absolute atomic E-state index is 0.133. The molecule has 2 rings (SSSR count). The first kappa shape index (κ1) is 15.2. The van der Waals surface area contributed by atoms with Crippen molar-refractivity contribution in [3.63, 3.8) is 0 Å². The Balaban J connectivity index is 2.02. The Labute approximate surface area is 127 Å². The minimum atomic E-state index is -0.238. The zero-order valence-corrected chi connectivity index (χ0v) is 13.1. The third-order valence-corrected chi connectivity index (χ3v) is 3.48. The molecule has 7 heteroatoms. The van der Waals surface area contributed by atoms with Crippen LogP contribution in [0, 0.1) is 0 Å². The SMILES string of the molecule is CC(C)(C)Nc1nc(N)c(C(=O)NCc2ccccn2)s1. The van der Waals surface area contributed by atoms with Gasteiger partial charge in [0.05, 0.1) is 12.2 Å². The molecule has 0 atom stereocenters. The second-order valence-corrected chi connectivity index (χ2v) is 6.61. The number of carbonyl (C=O) groups excluding carboxylic acids is 1. The smallest absolute Gasteiger partial charge is 0.265 e. The first-order valence-electron chi connectivity index (χ1n) is 6.58. The Morgan fingerprint density at radius 3 is 2.76 bits per heavy atom. The minimum Gasteiger partial charge on any atom is -0.382 e. The van der Waals surface area contributed by atoms with E-state index in [4.69, 9.17) is 5.73 Å². The molecule has 0 aliphatic carbocycles. The summed E-state index contributed by atoms with van der Waals surface area (Å²) in [6, 6.07) is 5.56. The van der Waals surface area contributed by atoms with Gasteiger partial charge in [-0.1, -0.05) is 17.4 Å². The summed E-state index contributed by atoms with van der Waals surface area (Å²) < 4.78 is 0. The fourth-order valence-corrected chi connectivity index (χ4v) is 2.63. The van der Waals surface area contributed by atoms with Gasteiger partial charge >= 0.3 is 0 Å². The number of nitrogens with two attached hydrogens (primary N) is 1. The second-order valence-electron chi connectivity index (χ2n) is 5.61. The lowest BCUT2D eigenvalue weighted by Crippen LogP contribution is -2.25. The maximum absolute atomic E-state index is 12.1.